The van der Waals surface area contributed by atoms with Gasteiger partial charge < -0.3 is 5.32 Å². The molecule has 2 N–H and O–H groups in total. The van der Waals surface area contributed by atoms with Gasteiger partial charge in [0.05, 0.1) is 5.02 Å². The summed E-state index contributed by atoms with van der Waals surface area (Å²) in [6, 6.07) is 7.59. The van der Waals surface area contributed by atoms with Crippen LogP contribution < -0.4 is 5.32 Å². The van der Waals surface area contributed by atoms with Crippen LogP contribution in [0.15, 0.2) is 30.3 Å². The van der Waals surface area contributed by atoms with Crippen molar-refractivity contribution in [1.29, 1.82) is 0 Å². The van der Waals surface area contributed by atoms with Crippen molar-refractivity contribution in [3.05, 3.63) is 58.1 Å². The van der Waals surface area contributed by atoms with Crippen LogP contribution in [0.5, 0.6) is 0 Å². The third-order valence-electron chi connectivity index (χ3n) is 3.23. The van der Waals surface area contributed by atoms with Crippen molar-refractivity contribution in [1.82, 2.24) is 30.9 Å². The van der Waals surface area contributed by atoms with Crippen LogP contribution in [0.2, 0.25) is 5.02 Å². The number of carbonyl (C=O) groups excluding carboxylic acids is 1. The number of pyridine rings is 1. The molecule has 0 saturated heterocycles. The molecule has 0 fully saturated rings. The molecule has 0 atom stereocenters. The standard InChI is InChI=1S/C15H12ClFN6O/c1-8-4-10(14-20-22-23-21-14)6-13(19-8)15(24)18-7-9-2-3-12(17)11(16)5-9/h2-6H,7H2,1H3,(H,18,24)(H,20,21,22,23). The average molecular weight is 347 g/mol. The number of tetrazole rings is 1. The predicted octanol–water partition coefficient (Wildman–Crippen LogP) is 2.29. The van der Waals surface area contributed by atoms with Gasteiger partial charge >= 0.3 is 0 Å². The second-order valence-corrected chi connectivity index (χ2v) is 5.46. The minimum Gasteiger partial charge on any atom is -0.347 e. The fraction of sp³-hybridized carbons (Fsp3) is 0.133. The van der Waals surface area contributed by atoms with Crippen LogP contribution >= 0.6 is 11.6 Å². The molecule has 0 radical (unpaired) electrons. The van der Waals surface area contributed by atoms with Crippen LogP contribution in [-0.2, 0) is 6.54 Å². The lowest BCUT2D eigenvalue weighted by molar-refractivity contribution is 0.0946. The Morgan fingerprint density at radius 1 is 1.33 bits per heavy atom. The van der Waals surface area contributed by atoms with Crippen molar-refractivity contribution in [2.75, 3.05) is 0 Å². The third-order valence-corrected chi connectivity index (χ3v) is 3.52. The first kappa shape index (κ1) is 16.0. The zero-order valence-corrected chi connectivity index (χ0v) is 13.3. The summed E-state index contributed by atoms with van der Waals surface area (Å²) in [5, 5.41) is 16.3. The van der Waals surface area contributed by atoms with E-state index in [-0.39, 0.29) is 23.2 Å². The summed E-state index contributed by atoms with van der Waals surface area (Å²) in [6.07, 6.45) is 0. The van der Waals surface area contributed by atoms with E-state index in [0.29, 0.717) is 22.6 Å². The van der Waals surface area contributed by atoms with Crippen molar-refractivity contribution in [3.63, 3.8) is 0 Å². The lowest BCUT2D eigenvalue weighted by atomic mass is 10.1. The molecule has 9 heteroatoms. The lowest BCUT2D eigenvalue weighted by Gasteiger charge is -2.07. The Kier molecular flexibility index (Phi) is 4.48. The largest absolute Gasteiger partial charge is 0.347 e. The summed E-state index contributed by atoms with van der Waals surface area (Å²) in [5.74, 6) is -0.499. The molecule has 2 heterocycles. The second-order valence-electron chi connectivity index (χ2n) is 5.05. The molecule has 0 aliphatic rings. The lowest BCUT2D eigenvalue weighted by Crippen LogP contribution is -2.24. The topological polar surface area (TPSA) is 96.5 Å². The summed E-state index contributed by atoms with van der Waals surface area (Å²) in [7, 11) is 0. The molecule has 24 heavy (non-hydrogen) atoms. The fourth-order valence-corrected chi connectivity index (χ4v) is 2.32. The fourth-order valence-electron chi connectivity index (χ4n) is 2.12. The van der Waals surface area contributed by atoms with E-state index in [0.717, 1.165) is 0 Å². The van der Waals surface area contributed by atoms with Crippen LogP contribution in [0.1, 0.15) is 21.7 Å². The molecule has 1 amide bonds. The number of nitrogens with zero attached hydrogens (tertiary/aromatic N) is 4. The van der Waals surface area contributed by atoms with E-state index in [1.165, 1.54) is 12.1 Å². The van der Waals surface area contributed by atoms with Gasteiger partial charge in [-0.05, 0) is 42.0 Å². The van der Waals surface area contributed by atoms with Gasteiger partial charge in [0.25, 0.3) is 5.91 Å². The van der Waals surface area contributed by atoms with E-state index in [9.17, 15) is 9.18 Å². The van der Waals surface area contributed by atoms with Gasteiger partial charge in [-0.2, -0.15) is 5.21 Å². The molecule has 0 aliphatic heterocycles. The Morgan fingerprint density at radius 3 is 2.88 bits per heavy atom. The van der Waals surface area contributed by atoms with E-state index >= 15 is 0 Å². The average Bonchev–Trinajstić information content (AvgIpc) is 3.09. The van der Waals surface area contributed by atoms with Crippen molar-refractivity contribution in [3.8, 4) is 11.4 Å². The highest BCUT2D eigenvalue weighted by molar-refractivity contribution is 6.30. The van der Waals surface area contributed by atoms with E-state index in [1.54, 1.807) is 25.1 Å². The van der Waals surface area contributed by atoms with Gasteiger partial charge in [0.2, 0.25) is 5.82 Å². The number of nitrogens with one attached hydrogen (secondary N) is 2. The van der Waals surface area contributed by atoms with E-state index in [4.69, 9.17) is 11.6 Å². The molecule has 122 valence electrons. The highest BCUT2D eigenvalue weighted by Crippen LogP contribution is 2.17. The van der Waals surface area contributed by atoms with Crippen LogP contribution in [0.25, 0.3) is 11.4 Å². The maximum Gasteiger partial charge on any atom is 0.270 e. The molecule has 0 unspecified atom stereocenters. The zero-order valence-electron chi connectivity index (χ0n) is 12.5. The number of aryl methyl sites for hydroxylation is 1. The SMILES string of the molecule is Cc1cc(-c2nn[nH]n2)cc(C(=O)NCc2ccc(F)c(Cl)c2)n1. The maximum absolute atomic E-state index is 13.1. The summed E-state index contributed by atoms with van der Waals surface area (Å²) in [5.41, 5.74) is 2.18. The minimum absolute atomic E-state index is 0.00909. The first-order valence-corrected chi connectivity index (χ1v) is 7.35. The highest BCUT2D eigenvalue weighted by atomic mass is 35.5. The van der Waals surface area contributed by atoms with Crippen molar-refractivity contribution < 1.29 is 9.18 Å². The molecule has 0 bridgehead atoms. The molecular formula is C15H12ClFN6O. The maximum atomic E-state index is 13.1. The molecule has 3 aromatic rings. The van der Waals surface area contributed by atoms with Gasteiger partial charge in [-0.25, -0.2) is 9.37 Å². The van der Waals surface area contributed by atoms with Crippen LogP contribution in [0.3, 0.4) is 0 Å². The highest BCUT2D eigenvalue weighted by Gasteiger charge is 2.12. The predicted molar refractivity (Wildman–Crippen MR) is 84.7 cm³/mol. The number of rotatable bonds is 4. The van der Waals surface area contributed by atoms with Gasteiger partial charge in [0.15, 0.2) is 0 Å². The Labute approximate surface area is 141 Å². The second kappa shape index (κ2) is 6.71. The Balaban J connectivity index is 1.76. The monoisotopic (exact) mass is 346 g/mol. The molecular weight excluding hydrogens is 335 g/mol. The zero-order chi connectivity index (χ0) is 17.1. The van der Waals surface area contributed by atoms with Gasteiger partial charge in [-0.15, -0.1) is 10.2 Å². The number of hydrogen-bond acceptors (Lipinski definition) is 5. The van der Waals surface area contributed by atoms with Crippen LogP contribution in [-0.4, -0.2) is 31.5 Å². The first-order chi connectivity index (χ1) is 11.5. The van der Waals surface area contributed by atoms with E-state index in [1.807, 2.05) is 0 Å². The minimum atomic E-state index is -0.503. The number of aromatic amines is 1. The molecule has 7 nitrogen and oxygen atoms in total. The summed E-state index contributed by atoms with van der Waals surface area (Å²) >= 11 is 5.72. The number of benzene rings is 1. The quantitative estimate of drug-likeness (QED) is 0.755. The third kappa shape index (κ3) is 3.54. The molecule has 2 aromatic heterocycles. The van der Waals surface area contributed by atoms with Crippen molar-refractivity contribution in [2.24, 2.45) is 0 Å². The molecule has 0 saturated carbocycles. The van der Waals surface area contributed by atoms with Gasteiger partial charge in [-0.1, -0.05) is 17.7 Å². The number of amides is 1. The van der Waals surface area contributed by atoms with E-state index < -0.39 is 5.82 Å². The van der Waals surface area contributed by atoms with Gasteiger partial charge in [0.1, 0.15) is 11.5 Å². The molecule has 3 rings (SSSR count). The Bertz CT molecular complexity index is 884. The smallest absolute Gasteiger partial charge is 0.270 e. The number of halogens is 2. The number of hydrogen-bond donors (Lipinski definition) is 2. The summed E-state index contributed by atoms with van der Waals surface area (Å²) < 4.78 is 13.1. The van der Waals surface area contributed by atoms with Gasteiger partial charge in [0, 0.05) is 17.8 Å². The molecule has 1 aromatic carbocycles. The number of carbonyl (C=O) groups is 1. The normalized spacial score (nSPS) is 10.6. The first-order valence-electron chi connectivity index (χ1n) is 6.97. The summed E-state index contributed by atoms with van der Waals surface area (Å²) in [6.45, 7) is 1.96. The number of H-pyrrole nitrogens is 1. The van der Waals surface area contributed by atoms with Gasteiger partial charge in [-0.3, -0.25) is 4.79 Å². The molecule has 0 spiro atoms. The Hall–Kier alpha value is -2.87. The molecule has 0 aliphatic carbocycles. The Morgan fingerprint density at radius 2 is 2.17 bits per heavy atom. The van der Waals surface area contributed by atoms with Crippen molar-refractivity contribution >= 4 is 17.5 Å². The van der Waals surface area contributed by atoms with E-state index in [2.05, 4.69) is 30.9 Å². The van der Waals surface area contributed by atoms with Crippen LogP contribution in [0.4, 0.5) is 4.39 Å². The van der Waals surface area contributed by atoms with Crippen molar-refractivity contribution in [2.45, 2.75) is 13.5 Å². The number of aromatic nitrogens is 5. The summed E-state index contributed by atoms with van der Waals surface area (Å²) in [4.78, 5) is 16.5. The van der Waals surface area contributed by atoms with Crippen LogP contribution in [0, 0.1) is 12.7 Å².